The second kappa shape index (κ2) is 8.74. The lowest BCUT2D eigenvalue weighted by atomic mass is 10.1. The van der Waals surface area contributed by atoms with Gasteiger partial charge in [-0.3, -0.25) is 4.90 Å². The Balaban J connectivity index is 1.56. The summed E-state index contributed by atoms with van der Waals surface area (Å²) in [6, 6.07) is 6.61. The summed E-state index contributed by atoms with van der Waals surface area (Å²) in [5.74, 6) is 0. The van der Waals surface area contributed by atoms with Crippen LogP contribution in [-0.2, 0) is 6.54 Å². The first-order valence-electron chi connectivity index (χ1n) is 8.01. The van der Waals surface area contributed by atoms with Crippen molar-refractivity contribution < 1.29 is 5.11 Å². The number of aliphatic hydroxyl groups is 1. The lowest BCUT2D eigenvalue weighted by Gasteiger charge is -2.22. The lowest BCUT2D eigenvalue weighted by molar-refractivity contribution is 0.157. The fourth-order valence-electron chi connectivity index (χ4n) is 3.01. The molecular weight excluding hydrogens is 284 g/mol. The largest absolute Gasteiger partial charge is 0.395 e. The number of aliphatic hydroxyl groups excluding tert-OH is 1. The van der Waals surface area contributed by atoms with Crippen LogP contribution in [0.25, 0.3) is 0 Å². The van der Waals surface area contributed by atoms with Gasteiger partial charge in [0.2, 0.25) is 0 Å². The maximum absolute atomic E-state index is 9.28. The highest BCUT2D eigenvalue weighted by Gasteiger charge is 2.22. The predicted molar refractivity (Wildman–Crippen MR) is 88.8 cm³/mol. The molecule has 0 spiro atoms. The van der Waals surface area contributed by atoms with Crippen molar-refractivity contribution in [2.24, 2.45) is 0 Å². The molecular formula is C17H27ClN2O. The zero-order valence-electron chi connectivity index (χ0n) is 12.9. The molecule has 1 fully saturated rings. The van der Waals surface area contributed by atoms with Gasteiger partial charge in [0.15, 0.2) is 0 Å². The van der Waals surface area contributed by atoms with Gasteiger partial charge < -0.3 is 10.4 Å². The Bertz CT molecular complexity index is 439. The first-order valence-corrected chi connectivity index (χ1v) is 8.39. The first-order chi connectivity index (χ1) is 10.2. The Kier molecular flexibility index (Phi) is 6.97. The minimum absolute atomic E-state index is 0.314. The van der Waals surface area contributed by atoms with Gasteiger partial charge in [0.25, 0.3) is 0 Å². The third-order valence-electron chi connectivity index (χ3n) is 4.31. The van der Waals surface area contributed by atoms with Gasteiger partial charge in [0.05, 0.1) is 6.61 Å². The Morgan fingerprint density at radius 3 is 3.00 bits per heavy atom. The molecule has 1 aliphatic rings. The van der Waals surface area contributed by atoms with E-state index in [0.29, 0.717) is 12.6 Å². The van der Waals surface area contributed by atoms with Crippen molar-refractivity contribution in [3.8, 4) is 0 Å². The van der Waals surface area contributed by atoms with Crippen LogP contribution in [0.1, 0.15) is 36.8 Å². The Labute approximate surface area is 133 Å². The number of halogens is 1. The van der Waals surface area contributed by atoms with Crippen LogP contribution in [0.3, 0.4) is 0 Å². The number of nitrogens with one attached hydrogen (secondary N) is 1. The summed E-state index contributed by atoms with van der Waals surface area (Å²) < 4.78 is 0. The van der Waals surface area contributed by atoms with E-state index in [1.165, 1.54) is 24.8 Å². The molecule has 1 atom stereocenters. The molecule has 0 aliphatic carbocycles. The maximum atomic E-state index is 9.28. The SMILES string of the molecule is Cc1cc(CNCCCCN2CCCC2CO)ccc1Cl. The van der Waals surface area contributed by atoms with E-state index in [1.54, 1.807) is 0 Å². The molecule has 0 saturated carbocycles. The molecule has 1 unspecified atom stereocenters. The van der Waals surface area contributed by atoms with Crippen LogP contribution in [-0.4, -0.2) is 42.3 Å². The highest BCUT2D eigenvalue weighted by molar-refractivity contribution is 6.31. The Hall–Kier alpha value is -0.610. The van der Waals surface area contributed by atoms with Crippen LogP contribution in [0.4, 0.5) is 0 Å². The molecule has 0 aromatic heterocycles. The van der Waals surface area contributed by atoms with Crippen LogP contribution in [0.15, 0.2) is 18.2 Å². The molecule has 118 valence electrons. The van der Waals surface area contributed by atoms with Gasteiger partial charge in [-0.2, -0.15) is 0 Å². The Morgan fingerprint density at radius 2 is 2.24 bits per heavy atom. The molecule has 1 aromatic carbocycles. The highest BCUT2D eigenvalue weighted by atomic mass is 35.5. The maximum Gasteiger partial charge on any atom is 0.0586 e. The van der Waals surface area contributed by atoms with Crippen molar-refractivity contribution in [1.29, 1.82) is 0 Å². The average molecular weight is 311 g/mol. The molecule has 1 aromatic rings. The van der Waals surface area contributed by atoms with Crippen molar-refractivity contribution in [1.82, 2.24) is 10.2 Å². The van der Waals surface area contributed by atoms with Crippen molar-refractivity contribution in [2.45, 2.75) is 45.2 Å². The van der Waals surface area contributed by atoms with E-state index in [9.17, 15) is 5.11 Å². The predicted octanol–water partition coefficient (Wildman–Crippen LogP) is 2.97. The van der Waals surface area contributed by atoms with Gasteiger partial charge in [0, 0.05) is 17.6 Å². The summed E-state index contributed by atoms with van der Waals surface area (Å²) in [5, 5.41) is 13.6. The zero-order valence-corrected chi connectivity index (χ0v) is 13.7. The molecule has 1 heterocycles. The first kappa shape index (κ1) is 16.8. The Morgan fingerprint density at radius 1 is 1.38 bits per heavy atom. The monoisotopic (exact) mass is 310 g/mol. The third-order valence-corrected chi connectivity index (χ3v) is 4.73. The number of hydrogen-bond donors (Lipinski definition) is 2. The molecule has 3 nitrogen and oxygen atoms in total. The second-order valence-electron chi connectivity index (χ2n) is 5.98. The van der Waals surface area contributed by atoms with Crippen LogP contribution in [0.5, 0.6) is 0 Å². The van der Waals surface area contributed by atoms with Gasteiger partial charge in [-0.15, -0.1) is 0 Å². The second-order valence-corrected chi connectivity index (χ2v) is 6.39. The summed E-state index contributed by atoms with van der Waals surface area (Å²) in [5.41, 5.74) is 2.43. The molecule has 0 radical (unpaired) electrons. The van der Waals surface area contributed by atoms with E-state index in [0.717, 1.165) is 43.2 Å². The lowest BCUT2D eigenvalue weighted by Crippen LogP contribution is -2.33. The molecule has 2 N–H and O–H groups in total. The van der Waals surface area contributed by atoms with Crippen molar-refractivity contribution in [3.63, 3.8) is 0 Å². The fourth-order valence-corrected chi connectivity index (χ4v) is 3.13. The number of hydrogen-bond acceptors (Lipinski definition) is 3. The number of likely N-dealkylation sites (tertiary alicyclic amines) is 1. The van der Waals surface area contributed by atoms with Crippen molar-refractivity contribution >= 4 is 11.6 Å². The summed E-state index contributed by atoms with van der Waals surface area (Å²) in [7, 11) is 0. The highest BCUT2D eigenvalue weighted by Crippen LogP contribution is 2.17. The summed E-state index contributed by atoms with van der Waals surface area (Å²) >= 11 is 6.03. The van der Waals surface area contributed by atoms with Gasteiger partial charge >= 0.3 is 0 Å². The van der Waals surface area contributed by atoms with Crippen molar-refractivity contribution in [2.75, 3.05) is 26.2 Å². The normalized spacial score (nSPS) is 19.3. The van der Waals surface area contributed by atoms with Crippen LogP contribution in [0, 0.1) is 6.92 Å². The van der Waals surface area contributed by atoms with Gasteiger partial charge in [-0.1, -0.05) is 23.7 Å². The third kappa shape index (κ3) is 5.26. The summed E-state index contributed by atoms with van der Waals surface area (Å²) in [4.78, 5) is 2.43. The van der Waals surface area contributed by atoms with E-state index in [4.69, 9.17) is 11.6 Å². The van der Waals surface area contributed by atoms with Crippen LogP contribution < -0.4 is 5.32 Å². The van der Waals surface area contributed by atoms with Gasteiger partial charge in [0.1, 0.15) is 0 Å². The van der Waals surface area contributed by atoms with Gasteiger partial charge in [-0.25, -0.2) is 0 Å². The molecule has 0 amide bonds. The summed E-state index contributed by atoms with van der Waals surface area (Å²) in [6.45, 7) is 6.57. The van der Waals surface area contributed by atoms with E-state index in [2.05, 4.69) is 22.3 Å². The van der Waals surface area contributed by atoms with Crippen molar-refractivity contribution in [3.05, 3.63) is 34.3 Å². The van der Waals surface area contributed by atoms with E-state index in [-0.39, 0.29) is 0 Å². The number of aryl methyl sites for hydroxylation is 1. The molecule has 21 heavy (non-hydrogen) atoms. The molecule has 4 heteroatoms. The van der Waals surface area contributed by atoms with E-state index in [1.807, 2.05) is 13.0 Å². The standard InChI is InChI=1S/C17H27ClN2O/c1-14-11-15(6-7-17(14)18)12-19-8-2-3-9-20-10-4-5-16(20)13-21/h6-7,11,16,19,21H,2-5,8-10,12-13H2,1H3. The number of rotatable bonds is 8. The van der Waals surface area contributed by atoms with E-state index >= 15 is 0 Å². The fraction of sp³-hybridized carbons (Fsp3) is 0.647. The average Bonchev–Trinajstić information content (AvgIpc) is 2.93. The quantitative estimate of drug-likeness (QED) is 0.725. The minimum atomic E-state index is 0.314. The van der Waals surface area contributed by atoms with E-state index < -0.39 is 0 Å². The number of unbranched alkanes of at least 4 members (excludes halogenated alkanes) is 1. The number of benzene rings is 1. The van der Waals surface area contributed by atoms with Gasteiger partial charge in [-0.05, 0) is 69.4 Å². The molecule has 2 rings (SSSR count). The number of nitrogens with zero attached hydrogens (tertiary/aromatic N) is 1. The smallest absolute Gasteiger partial charge is 0.0586 e. The topological polar surface area (TPSA) is 35.5 Å². The van der Waals surface area contributed by atoms with Crippen LogP contribution in [0.2, 0.25) is 5.02 Å². The molecule has 1 saturated heterocycles. The minimum Gasteiger partial charge on any atom is -0.395 e. The zero-order chi connectivity index (χ0) is 15.1. The summed E-state index contributed by atoms with van der Waals surface area (Å²) in [6.07, 6.45) is 4.77. The molecule has 1 aliphatic heterocycles. The van der Waals surface area contributed by atoms with Crippen LogP contribution >= 0.6 is 11.6 Å². The molecule has 0 bridgehead atoms.